The number of unbranched alkanes of at least 4 members (excludes halogenated alkanes) is 36. The molecule has 0 aromatic rings. The average Bonchev–Trinajstić information content (AvgIpc) is 3.24. The van der Waals surface area contributed by atoms with Crippen molar-refractivity contribution in [3.8, 4) is 47.4 Å². The lowest BCUT2D eigenvalue weighted by molar-refractivity contribution is -0.169. The van der Waals surface area contributed by atoms with Gasteiger partial charge in [0.05, 0.1) is 0 Å². The van der Waals surface area contributed by atoms with Gasteiger partial charge in [0.1, 0.15) is 0 Å². The van der Waals surface area contributed by atoms with Gasteiger partial charge < -0.3 is 9.47 Å². The molecule has 5 nitrogen and oxygen atoms in total. The zero-order valence-electron chi connectivity index (χ0n) is 40.1. The Kier molecular flexibility index (Phi) is 44.9. The van der Waals surface area contributed by atoms with Crippen LogP contribution in [-0.4, -0.2) is 36.3 Å². The van der Waals surface area contributed by atoms with Gasteiger partial charge in [0, 0.05) is 24.7 Å². The molecule has 0 aromatic carbocycles. The molecule has 0 aliphatic rings. The van der Waals surface area contributed by atoms with Gasteiger partial charge in [0.15, 0.2) is 12.5 Å². The minimum atomic E-state index is -0.666. The van der Waals surface area contributed by atoms with Gasteiger partial charge >= 0.3 is 11.9 Å². The predicted octanol–water partition coefficient (Wildman–Crippen LogP) is 15.6. The first-order valence-electron chi connectivity index (χ1n) is 25.5. The van der Waals surface area contributed by atoms with Gasteiger partial charge in [-0.05, 0) is 57.4 Å². The number of hydrogen-bond donors (Lipinski definition) is 0. The minimum Gasteiger partial charge on any atom is -0.437 e. The molecule has 0 N–H and O–H groups in total. The number of esters is 2. The smallest absolute Gasteiger partial charge is 0.386 e. The Labute approximate surface area is 373 Å². The first-order chi connectivity index (χ1) is 29.4. The lowest BCUT2D eigenvalue weighted by atomic mass is 10.0. The summed E-state index contributed by atoms with van der Waals surface area (Å²) >= 11 is 0. The molecule has 342 valence electrons. The van der Waals surface area contributed by atoms with Crippen LogP contribution in [0.15, 0.2) is 0 Å². The first kappa shape index (κ1) is 57.1. The third-order valence-corrected chi connectivity index (χ3v) is 11.6. The van der Waals surface area contributed by atoms with E-state index in [2.05, 4.69) is 61.2 Å². The van der Waals surface area contributed by atoms with Crippen LogP contribution in [0.1, 0.15) is 272 Å². The van der Waals surface area contributed by atoms with E-state index in [4.69, 9.17) is 9.47 Å². The second-order valence-corrected chi connectivity index (χ2v) is 17.3. The number of carbonyl (C=O) groups is 2. The second kappa shape index (κ2) is 47.2. The van der Waals surface area contributed by atoms with Gasteiger partial charge in [-0.1, -0.05) is 244 Å². The highest BCUT2D eigenvalue weighted by Crippen LogP contribution is 2.16. The molecule has 5 heteroatoms. The normalized spacial score (nSPS) is 11.6. The highest BCUT2D eigenvalue weighted by Gasteiger charge is 2.21. The molecular formula is C55H93NO4. The molecule has 0 fully saturated rings. The molecule has 0 aromatic heterocycles. The molecule has 0 heterocycles. The maximum atomic E-state index is 12.2. The molecule has 60 heavy (non-hydrogen) atoms. The van der Waals surface area contributed by atoms with Gasteiger partial charge in [-0.25, -0.2) is 14.5 Å². The van der Waals surface area contributed by atoms with Crippen molar-refractivity contribution in [2.75, 3.05) is 7.05 Å². The van der Waals surface area contributed by atoms with Crippen LogP contribution in [0, 0.1) is 47.4 Å². The lowest BCUT2D eigenvalue weighted by Gasteiger charge is -2.28. The van der Waals surface area contributed by atoms with Crippen molar-refractivity contribution in [2.24, 2.45) is 0 Å². The Morgan fingerprint density at radius 1 is 0.367 bits per heavy atom. The SMILES string of the molecule is CCCCCCCCCCCCCCCCCCCCC#CC#CC(=O)OC(C)N(C)C(C)OC(=O)C#CC#CCCCCCCCCCCCCCCCCCCCC. The monoisotopic (exact) mass is 832 g/mol. The summed E-state index contributed by atoms with van der Waals surface area (Å²) in [6.07, 6.45) is 49.2. The summed E-state index contributed by atoms with van der Waals surface area (Å²) in [6, 6.07) is 0. The number of hydrogen-bond acceptors (Lipinski definition) is 5. The molecule has 0 spiro atoms. The first-order valence-corrected chi connectivity index (χ1v) is 25.5. The van der Waals surface area contributed by atoms with Gasteiger partial charge in [-0.15, -0.1) is 0 Å². The van der Waals surface area contributed by atoms with Crippen LogP contribution in [0.5, 0.6) is 0 Å². The predicted molar refractivity (Wildman–Crippen MR) is 257 cm³/mol. The van der Waals surface area contributed by atoms with Crippen molar-refractivity contribution in [3.63, 3.8) is 0 Å². The Morgan fingerprint density at radius 2 is 0.583 bits per heavy atom. The van der Waals surface area contributed by atoms with Crippen LogP contribution in [-0.2, 0) is 19.1 Å². The number of carbonyl (C=O) groups excluding carboxylic acids is 2. The lowest BCUT2D eigenvalue weighted by Crippen LogP contribution is -2.41. The van der Waals surface area contributed by atoms with Gasteiger partial charge in [0.2, 0.25) is 0 Å². The number of rotatable bonds is 40. The molecule has 0 radical (unpaired) electrons. The maximum Gasteiger partial charge on any atom is 0.386 e. The van der Waals surface area contributed by atoms with E-state index in [0.29, 0.717) is 0 Å². The second-order valence-electron chi connectivity index (χ2n) is 17.3. The van der Waals surface area contributed by atoms with E-state index >= 15 is 0 Å². The van der Waals surface area contributed by atoms with Gasteiger partial charge in [0.25, 0.3) is 0 Å². The highest BCUT2D eigenvalue weighted by molar-refractivity contribution is 5.89. The van der Waals surface area contributed by atoms with Crippen LogP contribution in [0.4, 0.5) is 0 Å². The summed E-state index contributed by atoms with van der Waals surface area (Å²) in [6.45, 7) is 7.97. The summed E-state index contributed by atoms with van der Waals surface area (Å²) in [5, 5.41) is 0. The molecule has 0 saturated heterocycles. The molecule has 2 atom stereocenters. The van der Waals surface area contributed by atoms with E-state index in [1.54, 1.807) is 25.8 Å². The standard InChI is InChI=1S/C55H93NO4/c1-6-8-10-12-14-16-18-20-22-24-26-28-30-32-34-36-38-40-42-44-46-48-50-54(57)59-52(3)56(5)53(4)60-55(58)51-49-47-45-43-41-39-37-35-33-31-29-27-25-23-21-19-17-15-13-11-9-7-2/h52-53H,6-43H2,1-5H3. The van der Waals surface area contributed by atoms with Gasteiger partial charge in [-0.3, -0.25) is 0 Å². The minimum absolute atomic E-state index is 0.649. The van der Waals surface area contributed by atoms with Crippen molar-refractivity contribution >= 4 is 11.9 Å². The van der Waals surface area contributed by atoms with Crippen LogP contribution < -0.4 is 0 Å². The topological polar surface area (TPSA) is 55.8 Å². The van der Waals surface area contributed by atoms with E-state index in [9.17, 15) is 9.59 Å². The third kappa shape index (κ3) is 43.2. The number of ether oxygens (including phenoxy) is 2. The largest absolute Gasteiger partial charge is 0.437 e. The molecule has 0 saturated carbocycles. The summed E-state index contributed by atoms with van der Waals surface area (Å²) < 4.78 is 10.7. The molecule has 0 rings (SSSR count). The van der Waals surface area contributed by atoms with Crippen molar-refractivity contribution in [3.05, 3.63) is 0 Å². The van der Waals surface area contributed by atoms with Crippen molar-refractivity contribution in [1.29, 1.82) is 0 Å². The number of nitrogens with zero attached hydrogens (tertiary/aromatic N) is 1. The zero-order chi connectivity index (χ0) is 43.8. The third-order valence-electron chi connectivity index (χ3n) is 11.6. The molecule has 0 aliphatic carbocycles. The molecule has 0 amide bonds. The zero-order valence-corrected chi connectivity index (χ0v) is 40.1. The van der Waals surface area contributed by atoms with E-state index < -0.39 is 24.4 Å². The van der Waals surface area contributed by atoms with Crippen molar-refractivity contribution in [2.45, 2.75) is 284 Å². The Hall–Kier alpha value is -2.86. The average molecular weight is 832 g/mol. The maximum absolute atomic E-state index is 12.2. The fourth-order valence-corrected chi connectivity index (χ4v) is 7.44. The Bertz CT molecular complexity index is 1150. The highest BCUT2D eigenvalue weighted by atomic mass is 16.6. The van der Waals surface area contributed by atoms with Crippen molar-refractivity contribution in [1.82, 2.24) is 4.90 Å². The van der Waals surface area contributed by atoms with Crippen molar-refractivity contribution < 1.29 is 19.1 Å². The van der Waals surface area contributed by atoms with E-state index in [1.807, 2.05) is 0 Å². The molecule has 0 bridgehead atoms. The Morgan fingerprint density at radius 3 is 0.817 bits per heavy atom. The van der Waals surface area contributed by atoms with E-state index in [0.717, 1.165) is 25.7 Å². The van der Waals surface area contributed by atoms with E-state index in [1.165, 1.54) is 218 Å². The van der Waals surface area contributed by atoms with Crippen LogP contribution in [0.25, 0.3) is 0 Å². The quantitative estimate of drug-likeness (QED) is 0.0202. The molecule has 2 unspecified atom stereocenters. The molecular weight excluding hydrogens is 739 g/mol. The summed E-state index contributed by atoms with van der Waals surface area (Å²) in [5.41, 5.74) is 0. The summed E-state index contributed by atoms with van der Waals surface area (Å²) in [4.78, 5) is 26.0. The summed E-state index contributed by atoms with van der Waals surface area (Å²) in [7, 11) is 1.70. The van der Waals surface area contributed by atoms with Gasteiger partial charge in [-0.2, -0.15) is 0 Å². The van der Waals surface area contributed by atoms with E-state index in [-0.39, 0.29) is 0 Å². The van der Waals surface area contributed by atoms with Crippen LogP contribution in [0.3, 0.4) is 0 Å². The van der Waals surface area contributed by atoms with Crippen LogP contribution >= 0.6 is 0 Å². The fraction of sp³-hybridized carbons (Fsp3) is 0.818. The van der Waals surface area contributed by atoms with Crippen LogP contribution in [0.2, 0.25) is 0 Å². The Balaban J connectivity index is 3.79. The fourth-order valence-electron chi connectivity index (χ4n) is 7.44. The summed E-state index contributed by atoms with van der Waals surface area (Å²) in [5.74, 6) is 20.3. The molecule has 0 aliphatic heterocycles.